The number of nitrogens with zero attached hydrogens (tertiary/aromatic N) is 2. The maximum absolute atomic E-state index is 14.5. The number of cyclic esters (lactones) is 1. The van der Waals surface area contributed by atoms with E-state index in [2.05, 4.69) is 10.6 Å². The maximum Gasteiger partial charge on any atom is 0.340 e. The first kappa shape index (κ1) is 28.3. The minimum absolute atomic E-state index is 0.120. The van der Waals surface area contributed by atoms with Gasteiger partial charge in [0.1, 0.15) is 19.0 Å². The van der Waals surface area contributed by atoms with Crippen LogP contribution < -0.4 is 16.2 Å². The normalized spacial score (nSPS) is 15.1. The van der Waals surface area contributed by atoms with E-state index in [4.69, 9.17) is 19.2 Å². The second-order valence-electron chi connectivity index (χ2n) is 8.99. The lowest BCUT2D eigenvalue weighted by Gasteiger charge is -2.24. The summed E-state index contributed by atoms with van der Waals surface area (Å²) in [6.07, 6.45) is -1.02. The summed E-state index contributed by atoms with van der Waals surface area (Å²) in [5.41, 5.74) is 3.80. The Morgan fingerprint density at radius 3 is 2.72 bits per heavy atom. The first-order valence-electron chi connectivity index (χ1n) is 13.0. The Balaban J connectivity index is 0.00000172. The van der Waals surface area contributed by atoms with Crippen molar-refractivity contribution in [1.82, 2.24) is 20.2 Å². The quantitative estimate of drug-likeness (QED) is 0.199. The number of halogens is 1. The van der Waals surface area contributed by atoms with E-state index >= 15 is 0 Å². The second-order valence-corrected chi connectivity index (χ2v) is 8.99. The average molecular weight is 541 g/mol. The highest BCUT2D eigenvalue weighted by Crippen LogP contribution is 2.38. The highest BCUT2D eigenvalue weighted by atomic mass is 19.1. The Hall–Kier alpha value is -3.67. The highest BCUT2D eigenvalue weighted by molar-refractivity contribution is 5.89. The summed E-state index contributed by atoms with van der Waals surface area (Å²) >= 11 is 0. The largest absolute Gasteiger partial charge is 0.458 e. The summed E-state index contributed by atoms with van der Waals surface area (Å²) in [6.45, 7) is 8.67. The van der Waals surface area contributed by atoms with Crippen LogP contribution in [0.5, 0.6) is 0 Å². The smallest absolute Gasteiger partial charge is 0.340 e. The molecule has 2 N–H and O–H groups in total. The molecule has 0 bridgehead atoms. The molecule has 0 saturated heterocycles. The van der Waals surface area contributed by atoms with Crippen molar-refractivity contribution in [3.63, 3.8) is 0 Å². The minimum atomic E-state index is -1.02. The van der Waals surface area contributed by atoms with Crippen LogP contribution in [0.1, 0.15) is 54.7 Å². The number of rotatable bonds is 8. The average Bonchev–Trinajstić information content (AvgIpc) is 3.29. The topological polar surface area (TPSA) is 121 Å². The number of pyridine rings is 2. The number of carbonyl (C=O) groups excluding carboxylic acids is 2. The molecule has 0 saturated carbocycles. The van der Waals surface area contributed by atoms with Crippen molar-refractivity contribution in [2.75, 3.05) is 27.0 Å². The molecule has 3 aromatic rings. The molecule has 10 nitrogen and oxygen atoms in total. The zero-order valence-electron chi connectivity index (χ0n) is 22.8. The van der Waals surface area contributed by atoms with Crippen LogP contribution in [-0.2, 0) is 43.5 Å². The molecule has 2 aliphatic heterocycles. The zero-order chi connectivity index (χ0) is 28.3. The lowest BCUT2D eigenvalue weighted by Crippen LogP contribution is -2.33. The number of ether oxygens (including phenoxy) is 3. The predicted octanol–water partition coefficient (Wildman–Crippen LogP) is 2.84. The number of esters is 1. The van der Waals surface area contributed by atoms with Gasteiger partial charge in [-0.25, -0.2) is 14.2 Å². The molecular formula is C28H33FN4O6. The van der Waals surface area contributed by atoms with Crippen LogP contribution in [0.2, 0.25) is 0 Å². The molecule has 0 radical (unpaired) electrons. The van der Waals surface area contributed by atoms with Crippen LogP contribution in [0, 0.1) is 12.7 Å². The number of fused-ring (bicyclic) bond motifs is 5. The van der Waals surface area contributed by atoms with Gasteiger partial charge in [-0.3, -0.25) is 14.9 Å². The molecule has 1 unspecified atom stereocenters. The van der Waals surface area contributed by atoms with Crippen molar-refractivity contribution < 1.29 is 28.2 Å². The van der Waals surface area contributed by atoms with Gasteiger partial charge in [-0.15, -0.1) is 0 Å². The number of amides is 1. The molecule has 11 heteroatoms. The second kappa shape index (κ2) is 12.0. The SMILES string of the molecule is CC.CCNCOCC(=O)NCc1c2c(nc3cc(F)c(C)cc13)-c1cc3c(c(=O)n1C2)COC(=O)C3OC. The van der Waals surface area contributed by atoms with E-state index in [0.29, 0.717) is 39.0 Å². The number of nitrogens with one attached hydrogen (secondary N) is 2. The molecule has 0 fully saturated rings. The fourth-order valence-electron chi connectivity index (χ4n) is 4.81. The van der Waals surface area contributed by atoms with Crippen molar-refractivity contribution in [3.05, 3.63) is 62.2 Å². The first-order valence-corrected chi connectivity index (χ1v) is 13.0. The monoisotopic (exact) mass is 540 g/mol. The summed E-state index contributed by atoms with van der Waals surface area (Å²) in [6, 6.07) is 4.77. The zero-order valence-corrected chi connectivity index (χ0v) is 22.8. The van der Waals surface area contributed by atoms with Crippen molar-refractivity contribution in [3.8, 4) is 11.4 Å². The molecule has 0 spiro atoms. The van der Waals surface area contributed by atoms with Crippen LogP contribution in [-0.4, -0.2) is 48.4 Å². The number of hydrogen-bond donors (Lipinski definition) is 2. The molecule has 1 amide bonds. The van der Waals surface area contributed by atoms with Crippen LogP contribution >= 0.6 is 0 Å². The van der Waals surface area contributed by atoms with Crippen LogP contribution in [0.25, 0.3) is 22.3 Å². The Bertz CT molecular complexity index is 1490. The van der Waals surface area contributed by atoms with E-state index < -0.39 is 17.9 Å². The van der Waals surface area contributed by atoms with Crippen molar-refractivity contribution in [1.29, 1.82) is 0 Å². The summed E-state index contributed by atoms with van der Waals surface area (Å²) in [5, 5.41) is 6.53. The van der Waals surface area contributed by atoms with Gasteiger partial charge in [0.15, 0.2) is 6.10 Å². The number of aromatic nitrogens is 2. The predicted molar refractivity (Wildman–Crippen MR) is 142 cm³/mol. The Kier molecular flexibility index (Phi) is 8.73. The number of hydrogen-bond acceptors (Lipinski definition) is 8. The molecule has 208 valence electrons. The van der Waals surface area contributed by atoms with Gasteiger partial charge < -0.3 is 24.1 Å². The molecule has 1 atom stereocenters. The van der Waals surface area contributed by atoms with E-state index in [9.17, 15) is 18.8 Å². The molecule has 1 aromatic carbocycles. The summed E-state index contributed by atoms with van der Waals surface area (Å²) in [7, 11) is 1.37. The van der Waals surface area contributed by atoms with Crippen LogP contribution in [0.4, 0.5) is 4.39 Å². The Labute approximate surface area is 225 Å². The summed E-state index contributed by atoms with van der Waals surface area (Å²) in [4.78, 5) is 42.8. The minimum Gasteiger partial charge on any atom is -0.458 e. The van der Waals surface area contributed by atoms with Crippen LogP contribution in [0.15, 0.2) is 23.0 Å². The fraction of sp³-hybridized carbons (Fsp3) is 0.429. The van der Waals surface area contributed by atoms with Gasteiger partial charge in [-0.1, -0.05) is 20.8 Å². The van der Waals surface area contributed by atoms with E-state index in [1.165, 1.54) is 13.2 Å². The third kappa shape index (κ3) is 5.29. The number of aryl methyl sites for hydroxylation is 1. The van der Waals surface area contributed by atoms with Crippen molar-refractivity contribution in [2.45, 2.75) is 53.5 Å². The van der Waals surface area contributed by atoms with Gasteiger partial charge in [-0.05, 0) is 36.7 Å². The first-order chi connectivity index (χ1) is 18.8. The standard InChI is InChI=1S/C26H27FN4O6.C2H6/c1-4-28-12-36-11-22(32)29-8-16-14-5-13(2)19(27)7-20(14)30-23-17(16)9-31-21(23)6-15-18(25(31)33)10-37-26(34)24(15)35-3;1-2/h5-7,24,28H,4,8-12H2,1-3H3,(H,29,32);1-2H3. The molecular weight excluding hydrogens is 507 g/mol. The highest BCUT2D eigenvalue weighted by Gasteiger charge is 2.35. The Morgan fingerprint density at radius 1 is 1.23 bits per heavy atom. The van der Waals surface area contributed by atoms with E-state index in [1.54, 1.807) is 23.6 Å². The maximum atomic E-state index is 14.5. The number of methoxy groups -OCH3 is 1. The van der Waals surface area contributed by atoms with Gasteiger partial charge in [0, 0.05) is 36.2 Å². The molecule has 2 aliphatic rings. The molecule has 39 heavy (non-hydrogen) atoms. The molecule has 4 heterocycles. The van der Waals surface area contributed by atoms with E-state index in [1.807, 2.05) is 20.8 Å². The summed E-state index contributed by atoms with van der Waals surface area (Å²) in [5.74, 6) is -1.28. The Morgan fingerprint density at radius 2 is 2.00 bits per heavy atom. The van der Waals surface area contributed by atoms with Gasteiger partial charge in [-0.2, -0.15) is 0 Å². The van der Waals surface area contributed by atoms with Gasteiger partial charge in [0.2, 0.25) is 5.91 Å². The lowest BCUT2D eigenvalue weighted by atomic mass is 9.97. The van der Waals surface area contributed by atoms with Crippen LogP contribution in [0.3, 0.4) is 0 Å². The number of benzene rings is 1. The van der Waals surface area contributed by atoms with Gasteiger partial charge in [0.25, 0.3) is 5.56 Å². The van der Waals surface area contributed by atoms with Crippen molar-refractivity contribution in [2.24, 2.45) is 0 Å². The number of carbonyl (C=O) groups is 2. The van der Waals surface area contributed by atoms with E-state index in [0.717, 1.165) is 17.7 Å². The van der Waals surface area contributed by atoms with Gasteiger partial charge >= 0.3 is 5.97 Å². The third-order valence-electron chi connectivity index (χ3n) is 6.72. The molecule has 5 rings (SSSR count). The van der Waals surface area contributed by atoms with Crippen molar-refractivity contribution >= 4 is 22.8 Å². The van der Waals surface area contributed by atoms with Gasteiger partial charge in [0.05, 0.1) is 35.7 Å². The fourth-order valence-corrected chi connectivity index (χ4v) is 4.81. The van der Waals surface area contributed by atoms with E-state index in [-0.39, 0.29) is 44.5 Å². The lowest BCUT2D eigenvalue weighted by molar-refractivity contribution is -0.159. The molecule has 0 aliphatic carbocycles. The molecule has 2 aromatic heterocycles. The summed E-state index contributed by atoms with van der Waals surface area (Å²) < 4.78 is 31.9. The third-order valence-corrected chi connectivity index (χ3v) is 6.72.